The van der Waals surface area contributed by atoms with Crippen LogP contribution in [0.25, 0.3) is 11.4 Å². The number of aryl methyl sites for hydroxylation is 1. The zero-order valence-corrected chi connectivity index (χ0v) is 13.5. The smallest absolute Gasteiger partial charge is 0.337 e. The topological polar surface area (TPSA) is 26.3 Å². The molecule has 0 aromatic heterocycles. The van der Waals surface area contributed by atoms with Gasteiger partial charge in [0, 0.05) is 5.56 Å². The highest BCUT2D eigenvalue weighted by Gasteiger charge is 2.16. The number of hydrogen-bond donors (Lipinski definition) is 0. The van der Waals surface area contributed by atoms with Crippen LogP contribution in [0.15, 0.2) is 55.1 Å². The molecule has 0 bridgehead atoms. The van der Waals surface area contributed by atoms with Crippen molar-refractivity contribution in [3.63, 3.8) is 0 Å². The SMILES string of the molecule is C=C(c1ccccc1C)c1cc(C(=O)OC)ccc1/C(F)=C\C. The summed E-state index contributed by atoms with van der Waals surface area (Å²) in [5, 5.41) is 0. The number of halogens is 1. The van der Waals surface area contributed by atoms with Gasteiger partial charge in [-0.3, -0.25) is 0 Å². The fourth-order valence-corrected chi connectivity index (χ4v) is 2.46. The van der Waals surface area contributed by atoms with Gasteiger partial charge in [-0.25, -0.2) is 9.18 Å². The lowest BCUT2D eigenvalue weighted by molar-refractivity contribution is 0.0600. The molecule has 2 nitrogen and oxygen atoms in total. The highest BCUT2D eigenvalue weighted by atomic mass is 19.1. The van der Waals surface area contributed by atoms with Crippen molar-refractivity contribution in [3.8, 4) is 0 Å². The summed E-state index contributed by atoms with van der Waals surface area (Å²) in [6.07, 6.45) is 1.39. The Morgan fingerprint density at radius 2 is 1.83 bits per heavy atom. The van der Waals surface area contributed by atoms with Crippen molar-refractivity contribution in [3.05, 3.63) is 82.9 Å². The first-order valence-corrected chi connectivity index (χ1v) is 7.29. The predicted octanol–water partition coefficient (Wildman–Crippen LogP) is 5.17. The Balaban J connectivity index is 2.64. The summed E-state index contributed by atoms with van der Waals surface area (Å²) in [4.78, 5) is 11.8. The van der Waals surface area contributed by atoms with Gasteiger partial charge in [0.2, 0.25) is 0 Å². The highest BCUT2D eigenvalue weighted by molar-refractivity contribution is 5.93. The second-order valence-corrected chi connectivity index (χ2v) is 5.18. The van der Waals surface area contributed by atoms with Gasteiger partial charge in [0.15, 0.2) is 0 Å². The number of allylic oxidation sites excluding steroid dienone is 1. The molecule has 0 heterocycles. The third kappa shape index (κ3) is 3.39. The third-order valence-corrected chi connectivity index (χ3v) is 3.75. The number of rotatable bonds is 4. The average molecular weight is 310 g/mol. The number of benzene rings is 2. The zero-order valence-electron chi connectivity index (χ0n) is 13.5. The molecule has 0 unspecified atom stereocenters. The van der Waals surface area contributed by atoms with E-state index in [2.05, 4.69) is 6.58 Å². The van der Waals surface area contributed by atoms with Crippen LogP contribution >= 0.6 is 0 Å². The molecule has 0 saturated carbocycles. The van der Waals surface area contributed by atoms with Crippen molar-refractivity contribution < 1.29 is 13.9 Å². The lowest BCUT2D eigenvalue weighted by atomic mass is 9.90. The van der Waals surface area contributed by atoms with Crippen molar-refractivity contribution in [2.24, 2.45) is 0 Å². The fourth-order valence-electron chi connectivity index (χ4n) is 2.46. The Morgan fingerprint density at radius 3 is 2.43 bits per heavy atom. The van der Waals surface area contributed by atoms with E-state index in [9.17, 15) is 9.18 Å². The second kappa shape index (κ2) is 7.05. The zero-order chi connectivity index (χ0) is 17.0. The molecule has 0 saturated heterocycles. The molecule has 0 aliphatic carbocycles. The van der Waals surface area contributed by atoms with Gasteiger partial charge in [-0.1, -0.05) is 43.0 Å². The Labute approximate surface area is 135 Å². The van der Waals surface area contributed by atoms with Crippen molar-refractivity contribution in [1.29, 1.82) is 0 Å². The van der Waals surface area contributed by atoms with Gasteiger partial charge in [-0.15, -0.1) is 0 Å². The molecule has 3 heteroatoms. The van der Waals surface area contributed by atoms with Crippen LogP contribution in [0.4, 0.5) is 4.39 Å². The molecule has 0 aliphatic heterocycles. The summed E-state index contributed by atoms with van der Waals surface area (Å²) >= 11 is 0. The predicted molar refractivity (Wildman–Crippen MR) is 91.9 cm³/mol. The summed E-state index contributed by atoms with van der Waals surface area (Å²) in [5.74, 6) is -0.817. The monoisotopic (exact) mass is 310 g/mol. The van der Waals surface area contributed by atoms with Crippen LogP contribution < -0.4 is 0 Å². The van der Waals surface area contributed by atoms with Crippen molar-refractivity contribution >= 4 is 17.4 Å². The number of carbonyl (C=O) groups excluding carboxylic acids is 1. The Kier molecular flexibility index (Phi) is 5.12. The van der Waals surface area contributed by atoms with Crippen LogP contribution in [0, 0.1) is 6.92 Å². The fraction of sp³-hybridized carbons (Fsp3) is 0.150. The van der Waals surface area contributed by atoms with Crippen LogP contribution in [-0.4, -0.2) is 13.1 Å². The van der Waals surface area contributed by atoms with Crippen molar-refractivity contribution in [2.75, 3.05) is 7.11 Å². The van der Waals surface area contributed by atoms with Gasteiger partial charge in [-0.05, 0) is 48.2 Å². The summed E-state index contributed by atoms with van der Waals surface area (Å²) in [6, 6.07) is 12.5. The van der Waals surface area contributed by atoms with Gasteiger partial charge in [-0.2, -0.15) is 0 Å². The van der Waals surface area contributed by atoms with Gasteiger partial charge >= 0.3 is 5.97 Å². The number of carbonyl (C=O) groups is 1. The van der Waals surface area contributed by atoms with Gasteiger partial charge in [0.05, 0.1) is 12.7 Å². The Bertz CT molecular complexity index is 788. The van der Waals surface area contributed by atoms with E-state index >= 15 is 0 Å². The van der Waals surface area contributed by atoms with Crippen LogP contribution in [0.3, 0.4) is 0 Å². The first-order chi connectivity index (χ1) is 11.0. The second-order valence-electron chi connectivity index (χ2n) is 5.18. The number of esters is 1. The van der Waals surface area contributed by atoms with Crippen molar-refractivity contribution in [1.82, 2.24) is 0 Å². The minimum atomic E-state index is -0.462. The normalized spacial score (nSPS) is 11.2. The molecule has 23 heavy (non-hydrogen) atoms. The van der Waals surface area contributed by atoms with Gasteiger partial charge < -0.3 is 4.74 Å². The Morgan fingerprint density at radius 1 is 1.13 bits per heavy atom. The van der Waals surface area contributed by atoms with E-state index in [1.807, 2.05) is 31.2 Å². The first kappa shape index (κ1) is 16.7. The van der Waals surface area contributed by atoms with E-state index in [-0.39, 0.29) is 5.83 Å². The van der Waals surface area contributed by atoms with Gasteiger partial charge in [0.1, 0.15) is 5.83 Å². The minimum absolute atomic E-state index is 0.355. The lowest BCUT2D eigenvalue weighted by Gasteiger charge is -2.14. The van der Waals surface area contributed by atoms with E-state index in [0.29, 0.717) is 22.3 Å². The molecule has 2 aromatic rings. The van der Waals surface area contributed by atoms with Gasteiger partial charge in [0.25, 0.3) is 0 Å². The molecule has 2 aromatic carbocycles. The van der Waals surface area contributed by atoms with Crippen LogP contribution in [0.2, 0.25) is 0 Å². The number of methoxy groups -OCH3 is 1. The maximum Gasteiger partial charge on any atom is 0.337 e. The van der Waals surface area contributed by atoms with Crippen LogP contribution in [0.1, 0.15) is 39.5 Å². The molecule has 0 amide bonds. The van der Waals surface area contributed by atoms with E-state index in [1.165, 1.54) is 13.2 Å². The minimum Gasteiger partial charge on any atom is -0.465 e. The van der Waals surface area contributed by atoms with Crippen molar-refractivity contribution in [2.45, 2.75) is 13.8 Å². The maximum atomic E-state index is 14.2. The molecule has 0 N–H and O–H groups in total. The molecule has 2 rings (SSSR count). The quantitative estimate of drug-likeness (QED) is 0.728. The Hall–Kier alpha value is -2.68. The molecule has 0 spiro atoms. The summed E-state index contributed by atoms with van der Waals surface area (Å²) in [5.41, 5.74) is 3.98. The molecule has 0 atom stereocenters. The number of ether oxygens (including phenoxy) is 1. The lowest BCUT2D eigenvalue weighted by Crippen LogP contribution is -2.04. The molecule has 0 aliphatic rings. The maximum absolute atomic E-state index is 14.2. The third-order valence-electron chi connectivity index (χ3n) is 3.75. The van der Waals surface area contributed by atoms with E-state index in [4.69, 9.17) is 4.74 Å². The molecular weight excluding hydrogens is 291 g/mol. The largest absolute Gasteiger partial charge is 0.465 e. The summed E-state index contributed by atoms with van der Waals surface area (Å²) in [7, 11) is 1.32. The van der Waals surface area contributed by atoms with E-state index in [1.54, 1.807) is 25.1 Å². The van der Waals surface area contributed by atoms with Crippen LogP contribution in [0.5, 0.6) is 0 Å². The molecule has 0 fully saturated rings. The standard InChI is InChI=1S/C20H19FO2/c1-5-19(21)17-11-10-15(20(22)23-4)12-18(17)14(3)16-9-7-6-8-13(16)2/h5-12H,3H2,1-2,4H3/b19-5+. The first-order valence-electron chi connectivity index (χ1n) is 7.29. The number of hydrogen-bond acceptors (Lipinski definition) is 2. The van der Waals surface area contributed by atoms with Crippen LogP contribution in [-0.2, 0) is 4.74 Å². The molecular formula is C20H19FO2. The molecule has 118 valence electrons. The summed E-state index contributed by atoms with van der Waals surface area (Å²) < 4.78 is 19.0. The summed E-state index contributed by atoms with van der Waals surface area (Å²) in [6.45, 7) is 7.71. The highest BCUT2D eigenvalue weighted by Crippen LogP contribution is 2.32. The average Bonchev–Trinajstić information content (AvgIpc) is 2.59. The van der Waals surface area contributed by atoms with E-state index in [0.717, 1.165) is 11.1 Å². The van der Waals surface area contributed by atoms with E-state index < -0.39 is 5.97 Å². The molecule has 0 radical (unpaired) electrons.